The lowest BCUT2D eigenvalue weighted by Gasteiger charge is -2.00. The summed E-state index contributed by atoms with van der Waals surface area (Å²) in [5.41, 5.74) is 9.06. The van der Waals surface area contributed by atoms with Gasteiger partial charge in [0.1, 0.15) is 0 Å². The van der Waals surface area contributed by atoms with Gasteiger partial charge >= 0.3 is 0 Å². The van der Waals surface area contributed by atoms with Gasteiger partial charge in [0.25, 0.3) is 0 Å². The lowest BCUT2D eigenvalue weighted by atomic mass is 10.2. The Morgan fingerprint density at radius 3 is 3.07 bits per heavy atom. The van der Waals surface area contributed by atoms with Crippen LogP contribution in [-0.4, -0.2) is 21.8 Å². The van der Waals surface area contributed by atoms with Gasteiger partial charge in [0.05, 0.1) is 11.0 Å². The van der Waals surface area contributed by atoms with E-state index in [0.717, 1.165) is 21.9 Å². The number of nitrogens with two attached hydrogens (primary N) is 1. The maximum atomic E-state index is 5.70. The Morgan fingerprint density at radius 2 is 2.33 bits per heavy atom. The average molecular weight is 221 g/mol. The third-order valence-electron chi connectivity index (χ3n) is 2.10. The fourth-order valence-corrected chi connectivity index (χ4v) is 2.14. The van der Waals surface area contributed by atoms with Crippen molar-refractivity contribution in [2.45, 2.75) is 25.0 Å². The number of benzene rings is 1. The number of nitrogens with zero attached hydrogens (tertiary/aromatic N) is 1. The summed E-state index contributed by atoms with van der Waals surface area (Å²) in [6, 6.07) is 6.42. The topological polar surface area (TPSA) is 54.7 Å². The summed E-state index contributed by atoms with van der Waals surface area (Å²) < 4.78 is 0. The Hall–Kier alpha value is -1.00. The summed E-state index contributed by atoms with van der Waals surface area (Å²) in [5, 5.41) is 0.952. The molecule has 1 aromatic heterocycles. The van der Waals surface area contributed by atoms with E-state index in [1.807, 2.05) is 13.0 Å². The van der Waals surface area contributed by atoms with Crippen molar-refractivity contribution >= 4 is 22.8 Å². The van der Waals surface area contributed by atoms with Gasteiger partial charge in [-0.1, -0.05) is 17.8 Å². The molecule has 0 radical (unpaired) electrons. The molecule has 0 aliphatic rings. The maximum absolute atomic E-state index is 5.70. The first-order chi connectivity index (χ1) is 7.15. The van der Waals surface area contributed by atoms with E-state index in [1.165, 1.54) is 5.56 Å². The van der Waals surface area contributed by atoms with Crippen LogP contribution in [0.3, 0.4) is 0 Å². The van der Waals surface area contributed by atoms with Crippen molar-refractivity contribution in [1.82, 2.24) is 9.97 Å². The van der Waals surface area contributed by atoms with Crippen LogP contribution >= 0.6 is 11.8 Å². The van der Waals surface area contributed by atoms with E-state index in [0.29, 0.717) is 0 Å². The molecule has 80 valence electrons. The molecule has 0 aliphatic heterocycles. The zero-order valence-electron chi connectivity index (χ0n) is 8.95. The van der Waals surface area contributed by atoms with E-state index in [-0.39, 0.29) is 6.04 Å². The summed E-state index contributed by atoms with van der Waals surface area (Å²) >= 11 is 1.67. The predicted molar refractivity (Wildman–Crippen MR) is 65.2 cm³/mol. The highest BCUT2D eigenvalue weighted by atomic mass is 32.2. The van der Waals surface area contributed by atoms with Crippen molar-refractivity contribution in [2.75, 3.05) is 5.75 Å². The quantitative estimate of drug-likeness (QED) is 0.782. The second-order valence-electron chi connectivity index (χ2n) is 3.85. The van der Waals surface area contributed by atoms with E-state index < -0.39 is 0 Å². The van der Waals surface area contributed by atoms with Crippen LogP contribution in [0.1, 0.15) is 12.5 Å². The van der Waals surface area contributed by atoms with Gasteiger partial charge in [-0.15, -0.1) is 0 Å². The van der Waals surface area contributed by atoms with E-state index in [9.17, 15) is 0 Å². The highest BCUT2D eigenvalue weighted by molar-refractivity contribution is 7.99. The normalized spacial score (nSPS) is 13.3. The molecule has 15 heavy (non-hydrogen) atoms. The molecule has 0 spiro atoms. The summed E-state index contributed by atoms with van der Waals surface area (Å²) in [5.74, 6) is 0.888. The first-order valence-corrected chi connectivity index (χ1v) is 5.98. The Labute approximate surface area is 93.5 Å². The van der Waals surface area contributed by atoms with Crippen LogP contribution in [0.25, 0.3) is 11.0 Å². The van der Waals surface area contributed by atoms with Gasteiger partial charge in [0, 0.05) is 11.8 Å². The molecule has 2 aromatic rings. The van der Waals surface area contributed by atoms with Crippen LogP contribution in [0.4, 0.5) is 0 Å². The minimum Gasteiger partial charge on any atom is -0.333 e. The summed E-state index contributed by atoms with van der Waals surface area (Å²) in [4.78, 5) is 7.77. The Bertz CT molecular complexity index is 462. The van der Waals surface area contributed by atoms with Crippen LogP contribution in [-0.2, 0) is 0 Å². The van der Waals surface area contributed by atoms with Gasteiger partial charge < -0.3 is 10.7 Å². The Balaban J connectivity index is 2.23. The van der Waals surface area contributed by atoms with E-state index in [4.69, 9.17) is 5.73 Å². The number of aryl methyl sites for hydroxylation is 1. The molecular weight excluding hydrogens is 206 g/mol. The van der Waals surface area contributed by atoms with Gasteiger partial charge in [-0.25, -0.2) is 4.98 Å². The third kappa shape index (κ3) is 2.52. The minimum absolute atomic E-state index is 0.199. The molecule has 3 nitrogen and oxygen atoms in total. The number of nitrogens with one attached hydrogen (secondary N) is 1. The number of thioether (sulfide) groups is 1. The number of aromatic nitrogens is 2. The fraction of sp³-hybridized carbons (Fsp3) is 0.364. The van der Waals surface area contributed by atoms with Crippen molar-refractivity contribution in [3.05, 3.63) is 23.8 Å². The van der Waals surface area contributed by atoms with Crippen molar-refractivity contribution in [1.29, 1.82) is 0 Å². The monoisotopic (exact) mass is 221 g/mol. The molecule has 1 heterocycles. The van der Waals surface area contributed by atoms with Crippen LogP contribution in [0.15, 0.2) is 23.4 Å². The second-order valence-corrected chi connectivity index (χ2v) is 4.86. The predicted octanol–water partition coefficient (Wildman–Crippen LogP) is 2.31. The van der Waals surface area contributed by atoms with Crippen molar-refractivity contribution in [3.63, 3.8) is 0 Å². The fourth-order valence-electron chi connectivity index (χ4n) is 1.38. The SMILES string of the molecule is Cc1ccc2nc(SCC(C)N)[nH]c2c1. The van der Waals surface area contributed by atoms with Gasteiger partial charge in [0.15, 0.2) is 5.16 Å². The number of H-pyrrole nitrogens is 1. The number of hydrogen-bond acceptors (Lipinski definition) is 3. The molecule has 0 saturated heterocycles. The molecule has 1 aromatic carbocycles. The lowest BCUT2D eigenvalue weighted by Crippen LogP contribution is -2.17. The molecule has 0 amide bonds. The minimum atomic E-state index is 0.199. The largest absolute Gasteiger partial charge is 0.333 e. The van der Waals surface area contributed by atoms with Crippen LogP contribution in [0, 0.1) is 6.92 Å². The first-order valence-electron chi connectivity index (χ1n) is 5.00. The molecule has 3 N–H and O–H groups in total. The Morgan fingerprint density at radius 1 is 1.53 bits per heavy atom. The van der Waals surface area contributed by atoms with E-state index >= 15 is 0 Å². The highest BCUT2D eigenvalue weighted by Crippen LogP contribution is 2.20. The van der Waals surface area contributed by atoms with Crippen molar-refractivity contribution < 1.29 is 0 Å². The van der Waals surface area contributed by atoms with Gasteiger partial charge in [-0.3, -0.25) is 0 Å². The number of rotatable bonds is 3. The van der Waals surface area contributed by atoms with E-state index in [1.54, 1.807) is 11.8 Å². The maximum Gasteiger partial charge on any atom is 0.166 e. The van der Waals surface area contributed by atoms with Crippen LogP contribution in [0.5, 0.6) is 0 Å². The van der Waals surface area contributed by atoms with Crippen LogP contribution in [0.2, 0.25) is 0 Å². The summed E-state index contributed by atoms with van der Waals surface area (Å²) in [6.07, 6.45) is 0. The standard InChI is InChI=1S/C11H15N3S/c1-7-3-4-9-10(5-7)14-11(13-9)15-6-8(2)12/h3-5,8H,6,12H2,1-2H3,(H,13,14). The molecule has 0 saturated carbocycles. The number of aromatic amines is 1. The summed E-state index contributed by atoms with van der Waals surface area (Å²) in [6.45, 7) is 4.08. The summed E-state index contributed by atoms with van der Waals surface area (Å²) in [7, 11) is 0. The number of imidazole rings is 1. The Kier molecular flexibility index (Phi) is 2.98. The lowest BCUT2D eigenvalue weighted by molar-refractivity contribution is 0.844. The molecule has 0 aliphatic carbocycles. The molecule has 1 atom stereocenters. The van der Waals surface area contributed by atoms with Crippen LogP contribution < -0.4 is 5.73 Å². The van der Waals surface area contributed by atoms with Gasteiger partial charge in [-0.2, -0.15) is 0 Å². The van der Waals surface area contributed by atoms with E-state index in [2.05, 4.69) is 29.0 Å². The molecule has 4 heteroatoms. The molecular formula is C11H15N3S. The zero-order chi connectivity index (χ0) is 10.8. The zero-order valence-corrected chi connectivity index (χ0v) is 9.77. The van der Waals surface area contributed by atoms with Crippen molar-refractivity contribution in [3.8, 4) is 0 Å². The van der Waals surface area contributed by atoms with Gasteiger partial charge in [-0.05, 0) is 31.5 Å². The first kappa shape index (κ1) is 10.5. The highest BCUT2D eigenvalue weighted by Gasteiger charge is 2.04. The second kappa shape index (κ2) is 4.24. The number of fused-ring (bicyclic) bond motifs is 1. The molecule has 1 unspecified atom stereocenters. The van der Waals surface area contributed by atoms with Crippen molar-refractivity contribution in [2.24, 2.45) is 5.73 Å². The number of hydrogen-bond donors (Lipinski definition) is 2. The molecule has 0 bridgehead atoms. The average Bonchev–Trinajstić information content (AvgIpc) is 2.56. The molecule has 0 fully saturated rings. The molecule has 2 rings (SSSR count). The van der Waals surface area contributed by atoms with Gasteiger partial charge in [0.2, 0.25) is 0 Å². The smallest absolute Gasteiger partial charge is 0.166 e. The third-order valence-corrected chi connectivity index (χ3v) is 3.26.